The molecule has 1 aliphatic rings. The van der Waals surface area contributed by atoms with Crippen LogP contribution >= 0.6 is 11.6 Å². The summed E-state index contributed by atoms with van der Waals surface area (Å²) in [5.74, 6) is 0.0378. The molecule has 2 rings (SSSR count). The van der Waals surface area contributed by atoms with Crippen LogP contribution in [0.2, 0.25) is 0 Å². The van der Waals surface area contributed by atoms with E-state index in [1.165, 1.54) is 6.42 Å². The minimum atomic E-state index is -0.0319. The van der Waals surface area contributed by atoms with Crippen LogP contribution in [-0.4, -0.2) is 28.9 Å². The highest BCUT2D eigenvalue weighted by Gasteiger charge is 2.38. The Hall–Kier alpha value is -0.800. The number of rotatable bonds is 5. The highest BCUT2D eigenvalue weighted by atomic mass is 35.5. The molecule has 1 saturated carbocycles. The van der Waals surface area contributed by atoms with Gasteiger partial charge in [-0.3, -0.25) is 4.79 Å². The van der Waals surface area contributed by atoms with Gasteiger partial charge in [0.05, 0.1) is 18.0 Å². The molecule has 0 aliphatic heterocycles. The molecule has 0 bridgehead atoms. The van der Waals surface area contributed by atoms with Crippen molar-refractivity contribution in [3.63, 3.8) is 0 Å². The molecule has 0 radical (unpaired) electrons. The van der Waals surface area contributed by atoms with Gasteiger partial charge in [-0.2, -0.15) is 0 Å². The summed E-state index contributed by atoms with van der Waals surface area (Å²) in [5, 5.41) is 0. The first kappa shape index (κ1) is 13.6. The van der Waals surface area contributed by atoms with Crippen LogP contribution in [0.1, 0.15) is 41.0 Å². The zero-order chi connectivity index (χ0) is 13.3. The third-order valence-electron chi connectivity index (χ3n) is 4.14. The molecule has 0 unspecified atom stereocenters. The third kappa shape index (κ3) is 2.21. The predicted octanol–water partition coefficient (Wildman–Crippen LogP) is 3.10. The van der Waals surface area contributed by atoms with Gasteiger partial charge < -0.3 is 9.30 Å². The van der Waals surface area contributed by atoms with E-state index in [-0.39, 0.29) is 17.3 Å². The Morgan fingerprint density at radius 2 is 2.17 bits per heavy atom. The van der Waals surface area contributed by atoms with Crippen molar-refractivity contribution in [1.82, 2.24) is 4.57 Å². The van der Waals surface area contributed by atoms with Crippen LogP contribution in [0, 0.1) is 13.8 Å². The molecule has 1 aromatic heterocycles. The summed E-state index contributed by atoms with van der Waals surface area (Å²) < 4.78 is 7.83. The maximum absolute atomic E-state index is 11.7. The maximum Gasteiger partial charge on any atom is 0.179 e. The van der Waals surface area contributed by atoms with Gasteiger partial charge >= 0.3 is 0 Å². The van der Waals surface area contributed by atoms with E-state index in [0.717, 1.165) is 36.3 Å². The van der Waals surface area contributed by atoms with Crippen molar-refractivity contribution in [3.8, 4) is 0 Å². The fourth-order valence-electron chi connectivity index (χ4n) is 2.68. The van der Waals surface area contributed by atoms with Gasteiger partial charge in [0.2, 0.25) is 0 Å². The first-order valence-electron chi connectivity index (χ1n) is 6.34. The number of halogens is 1. The zero-order valence-electron chi connectivity index (χ0n) is 11.3. The second-order valence-corrected chi connectivity index (χ2v) is 5.44. The van der Waals surface area contributed by atoms with Crippen LogP contribution in [0.5, 0.6) is 0 Å². The lowest BCUT2D eigenvalue weighted by Crippen LogP contribution is -2.43. The lowest BCUT2D eigenvalue weighted by atomic mass is 9.80. The molecule has 4 heteroatoms. The van der Waals surface area contributed by atoms with Crippen LogP contribution in [0.4, 0.5) is 0 Å². The number of Topliss-reactive ketones (excluding diaryl/α,β-unsaturated/α-hetero) is 1. The lowest BCUT2D eigenvalue weighted by molar-refractivity contribution is -0.0840. The summed E-state index contributed by atoms with van der Waals surface area (Å²) in [5.41, 5.74) is 2.81. The molecule has 0 aromatic carbocycles. The van der Waals surface area contributed by atoms with Crippen molar-refractivity contribution in [2.75, 3.05) is 13.0 Å². The molecule has 1 aliphatic carbocycles. The highest BCUT2D eigenvalue weighted by Crippen LogP contribution is 2.37. The molecular weight excluding hydrogens is 250 g/mol. The lowest BCUT2D eigenvalue weighted by Gasteiger charge is -2.41. The van der Waals surface area contributed by atoms with Gasteiger partial charge in [-0.1, -0.05) is 0 Å². The fourth-order valence-corrected chi connectivity index (χ4v) is 2.83. The summed E-state index contributed by atoms with van der Waals surface area (Å²) >= 11 is 5.64. The molecule has 0 amide bonds. The van der Waals surface area contributed by atoms with Crippen LogP contribution in [-0.2, 0) is 11.3 Å². The van der Waals surface area contributed by atoms with Gasteiger partial charge in [0.15, 0.2) is 5.78 Å². The Kier molecular flexibility index (Phi) is 3.83. The van der Waals surface area contributed by atoms with E-state index in [1.54, 1.807) is 7.11 Å². The Balaban J connectivity index is 2.28. The Morgan fingerprint density at radius 1 is 1.50 bits per heavy atom. The number of alkyl halides is 1. The predicted molar refractivity (Wildman–Crippen MR) is 72.5 cm³/mol. The number of carbonyl (C=O) groups is 1. The summed E-state index contributed by atoms with van der Waals surface area (Å²) in [6, 6.07) is 1.93. The molecular formula is C14H20ClNO2. The van der Waals surface area contributed by atoms with E-state index in [1.807, 2.05) is 19.9 Å². The largest absolute Gasteiger partial charge is 0.376 e. The van der Waals surface area contributed by atoms with Crippen molar-refractivity contribution in [3.05, 3.63) is 23.0 Å². The SMILES string of the molecule is COC1(Cn2c(C)cc(C(=O)CCl)c2C)CCC1. The van der Waals surface area contributed by atoms with Crippen LogP contribution in [0.25, 0.3) is 0 Å². The number of ether oxygens (including phenoxy) is 1. The van der Waals surface area contributed by atoms with E-state index < -0.39 is 0 Å². The molecule has 0 spiro atoms. The summed E-state index contributed by atoms with van der Waals surface area (Å²) in [6.07, 6.45) is 3.42. The van der Waals surface area contributed by atoms with E-state index >= 15 is 0 Å². The first-order chi connectivity index (χ1) is 8.53. The van der Waals surface area contributed by atoms with Gasteiger partial charge in [0, 0.05) is 24.1 Å². The average molecular weight is 270 g/mol. The van der Waals surface area contributed by atoms with Gasteiger partial charge in [-0.15, -0.1) is 11.6 Å². The quantitative estimate of drug-likeness (QED) is 0.608. The topological polar surface area (TPSA) is 31.2 Å². The van der Waals surface area contributed by atoms with Gasteiger partial charge in [-0.25, -0.2) is 0 Å². The number of aryl methyl sites for hydroxylation is 1. The number of nitrogens with zero attached hydrogens (tertiary/aromatic N) is 1. The number of carbonyl (C=O) groups excluding carboxylic acids is 1. The number of hydrogen-bond acceptors (Lipinski definition) is 2. The van der Waals surface area contributed by atoms with Gasteiger partial charge in [0.1, 0.15) is 0 Å². The Morgan fingerprint density at radius 3 is 2.61 bits per heavy atom. The second kappa shape index (κ2) is 5.06. The number of hydrogen-bond donors (Lipinski definition) is 0. The standard InChI is InChI=1S/C14H20ClNO2/c1-10-7-12(13(17)8-15)11(2)16(10)9-14(18-3)5-4-6-14/h7H,4-6,8-9H2,1-3H3. The third-order valence-corrected chi connectivity index (χ3v) is 4.38. The number of ketones is 1. The minimum Gasteiger partial charge on any atom is -0.376 e. The molecule has 0 saturated heterocycles. The molecule has 18 heavy (non-hydrogen) atoms. The molecule has 1 aromatic rings. The normalized spacial score (nSPS) is 17.6. The van der Waals surface area contributed by atoms with Crippen molar-refractivity contribution in [2.45, 2.75) is 45.3 Å². The van der Waals surface area contributed by atoms with E-state index in [2.05, 4.69) is 4.57 Å². The Labute approximate surface area is 113 Å². The smallest absolute Gasteiger partial charge is 0.179 e. The Bertz CT molecular complexity index is 455. The minimum absolute atomic E-state index is 0.00362. The van der Waals surface area contributed by atoms with Gasteiger partial charge in [0.25, 0.3) is 0 Å². The molecule has 3 nitrogen and oxygen atoms in total. The fraction of sp³-hybridized carbons (Fsp3) is 0.643. The molecule has 1 heterocycles. The maximum atomic E-state index is 11.7. The monoisotopic (exact) mass is 269 g/mol. The second-order valence-electron chi connectivity index (χ2n) is 5.17. The van der Waals surface area contributed by atoms with Crippen LogP contribution < -0.4 is 0 Å². The molecule has 0 atom stereocenters. The van der Waals surface area contributed by atoms with Crippen molar-refractivity contribution >= 4 is 17.4 Å². The van der Waals surface area contributed by atoms with Crippen molar-refractivity contribution < 1.29 is 9.53 Å². The molecule has 100 valence electrons. The van der Waals surface area contributed by atoms with E-state index in [9.17, 15) is 4.79 Å². The summed E-state index contributed by atoms with van der Waals surface area (Å²) in [4.78, 5) is 11.7. The summed E-state index contributed by atoms with van der Waals surface area (Å²) in [7, 11) is 1.78. The number of methoxy groups -OCH3 is 1. The van der Waals surface area contributed by atoms with Crippen molar-refractivity contribution in [2.24, 2.45) is 0 Å². The van der Waals surface area contributed by atoms with Crippen LogP contribution in [0.3, 0.4) is 0 Å². The van der Waals surface area contributed by atoms with Crippen LogP contribution in [0.15, 0.2) is 6.07 Å². The molecule has 0 N–H and O–H groups in total. The average Bonchev–Trinajstić information content (AvgIpc) is 2.59. The van der Waals surface area contributed by atoms with Crippen molar-refractivity contribution in [1.29, 1.82) is 0 Å². The zero-order valence-corrected chi connectivity index (χ0v) is 12.0. The summed E-state index contributed by atoms with van der Waals surface area (Å²) in [6.45, 7) is 4.84. The van der Waals surface area contributed by atoms with Gasteiger partial charge in [-0.05, 0) is 39.2 Å². The van der Waals surface area contributed by atoms with E-state index in [0.29, 0.717) is 0 Å². The first-order valence-corrected chi connectivity index (χ1v) is 6.87. The number of aromatic nitrogens is 1. The molecule has 1 fully saturated rings. The highest BCUT2D eigenvalue weighted by molar-refractivity contribution is 6.30. The van der Waals surface area contributed by atoms with E-state index in [4.69, 9.17) is 16.3 Å².